The maximum absolute atomic E-state index is 12.4. The molecule has 0 amide bonds. The van der Waals surface area contributed by atoms with Crippen LogP contribution in [-0.4, -0.2) is 30.6 Å². The van der Waals surface area contributed by atoms with Crippen molar-refractivity contribution in [1.82, 2.24) is 0 Å². The van der Waals surface area contributed by atoms with Gasteiger partial charge in [-0.2, -0.15) is 0 Å². The van der Waals surface area contributed by atoms with Gasteiger partial charge in [0.1, 0.15) is 0 Å². The van der Waals surface area contributed by atoms with Crippen LogP contribution in [0, 0.1) is 0 Å². The van der Waals surface area contributed by atoms with Gasteiger partial charge in [0.15, 0.2) is 5.78 Å². The number of rotatable bonds is 8. The van der Waals surface area contributed by atoms with Gasteiger partial charge in [-0.25, -0.2) is 0 Å². The monoisotopic (exact) mass is 381 g/mol. The van der Waals surface area contributed by atoms with E-state index in [9.17, 15) is 4.79 Å². The minimum absolute atomic E-state index is 0.0755. The lowest BCUT2D eigenvalue weighted by Gasteiger charge is -2.23. The Morgan fingerprint density at radius 3 is 2.38 bits per heavy atom. The molecular weight excluding hydrogens is 365 g/mol. The van der Waals surface area contributed by atoms with Crippen molar-refractivity contribution < 1.29 is 4.79 Å². The first-order valence-electron chi connectivity index (χ1n) is 7.59. The van der Waals surface area contributed by atoms with Crippen molar-refractivity contribution in [2.45, 2.75) is 0 Å². The zero-order valence-corrected chi connectivity index (χ0v) is 15.4. The normalized spacial score (nSPS) is 11.0. The third kappa shape index (κ3) is 5.27. The number of carbonyl (C=O) groups excluding carboxylic acids is 1. The number of halogens is 3. The largest absolute Gasteiger partial charge is 0.369 e. The van der Waals surface area contributed by atoms with Gasteiger partial charge in [0.05, 0.1) is 0 Å². The van der Waals surface area contributed by atoms with Crippen LogP contribution in [0.3, 0.4) is 0 Å². The Morgan fingerprint density at radius 2 is 1.71 bits per heavy atom. The number of allylic oxidation sites excluding steroid dienone is 1. The molecule has 0 bridgehead atoms. The second-order valence-corrected chi connectivity index (χ2v) is 6.30. The first-order chi connectivity index (χ1) is 11.7. The topological polar surface area (TPSA) is 20.3 Å². The average molecular weight is 383 g/mol. The summed E-state index contributed by atoms with van der Waals surface area (Å²) in [6, 6.07) is 14.9. The maximum atomic E-state index is 12.4. The number of benzene rings is 2. The Kier molecular flexibility index (Phi) is 7.64. The lowest BCUT2D eigenvalue weighted by molar-refractivity contribution is 0.104. The van der Waals surface area contributed by atoms with Crippen molar-refractivity contribution in [3.8, 4) is 0 Å². The molecule has 0 radical (unpaired) electrons. The third-order valence-electron chi connectivity index (χ3n) is 3.52. The van der Waals surface area contributed by atoms with Crippen LogP contribution in [0.15, 0.2) is 54.6 Å². The molecule has 24 heavy (non-hydrogen) atoms. The fourth-order valence-corrected chi connectivity index (χ4v) is 2.91. The molecule has 2 aromatic carbocycles. The second-order valence-electron chi connectivity index (χ2n) is 5.13. The molecule has 2 rings (SSSR count). The number of hydrogen-bond acceptors (Lipinski definition) is 2. The van der Waals surface area contributed by atoms with Crippen molar-refractivity contribution in [1.29, 1.82) is 0 Å². The van der Waals surface area contributed by atoms with E-state index in [1.165, 1.54) is 6.08 Å². The minimum Gasteiger partial charge on any atom is -0.369 e. The summed E-state index contributed by atoms with van der Waals surface area (Å²) in [7, 11) is 0. The molecule has 0 fully saturated rings. The van der Waals surface area contributed by atoms with Crippen LogP contribution in [0.5, 0.6) is 0 Å². The molecule has 0 saturated carbocycles. The lowest BCUT2D eigenvalue weighted by atomic mass is 10.1. The molecule has 0 aromatic heterocycles. The summed E-state index contributed by atoms with van der Waals surface area (Å²) < 4.78 is 0. The van der Waals surface area contributed by atoms with Crippen molar-refractivity contribution in [3.05, 3.63) is 70.8 Å². The second kappa shape index (κ2) is 9.73. The van der Waals surface area contributed by atoms with Crippen molar-refractivity contribution in [2.24, 2.45) is 0 Å². The predicted molar refractivity (Wildman–Crippen MR) is 105 cm³/mol. The Hall–Kier alpha value is -1.48. The fraction of sp³-hybridized carbons (Fsp3) is 0.211. The SMILES string of the molecule is O=C(/C=C/c1ccccc1Cl)c1cccc(N(CCCl)CCCl)c1. The molecule has 2 nitrogen and oxygen atoms in total. The lowest BCUT2D eigenvalue weighted by Crippen LogP contribution is -2.27. The van der Waals surface area contributed by atoms with Gasteiger partial charge in [-0.3, -0.25) is 4.79 Å². The molecule has 0 unspecified atom stereocenters. The first-order valence-corrected chi connectivity index (χ1v) is 9.04. The Balaban J connectivity index is 2.18. The van der Waals surface area contributed by atoms with Gasteiger partial charge in [0.2, 0.25) is 0 Å². The molecule has 0 aliphatic rings. The summed E-state index contributed by atoms with van der Waals surface area (Å²) in [5.74, 6) is 0.927. The van der Waals surface area contributed by atoms with Gasteiger partial charge in [-0.15, -0.1) is 23.2 Å². The van der Waals surface area contributed by atoms with Crippen LogP contribution in [0.4, 0.5) is 5.69 Å². The molecule has 0 atom stereocenters. The van der Waals surface area contributed by atoms with Gasteiger partial charge in [-0.1, -0.05) is 41.9 Å². The summed E-state index contributed by atoms with van der Waals surface area (Å²) in [6.45, 7) is 1.36. The molecule has 126 valence electrons. The Bertz CT molecular complexity index is 709. The van der Waals surface area contributed by atoms with Crippen molar-refractivity contribution >= 4 is 52.3 Å². The van der Waals surface area contributed by atoms with E-state index < -0.39 is 0 Å². The van der Waals surface area contributed by atoms with Gasteiger partial charge < -0.3 is 4.90 Å². The van der Waals surface area contributed by atoms with Crippen molar-refractivity contribution in [3.63, 3.8) is 0 Å². The summed E-state index contributed by atoms with van der Waals surface area (Å²) >= 11 is 17.8. The van der Waals surface area contributed by atoms with Crippen LogP contribution >= 0.6 is 34.8 Å². The van der Waals surface area contributed by atoms with E-state index in [1.807, 2.05) is 36.4 Å². The smallest absolute Gasteiger partial charge is 0.185 e. The fourth-order valence-electron chi connectivity index (χ4n) is 2.30. The highest BCUT2D eigenvalue weighted by atomic mass is 35.5. The van der Waals surface area contributed by atoms with E-state index in [1.54, 1.807) is 18.2 Å². The zero-order valence-electron chi connectivity index (χ0n) is 13.1. The quantitative estimate of drug-likeness (QED) is 0.340. The molecule has 0 saturated heterocycles. The van der Waals surface area contributed by atoms with Gasteiger partial charge in [0, 0.05) is 41.1 Å². The summed E-state index contributed by atoms with van der Waals surface area (Å²) in [4.78, 5) is 14.5. The van der Waals surface area contributed by atoms with E-state index in [0.29, 0.717) is 35.4 Å². The Morgan fingerprint density at radius 1 is 1.00 bits per heavy atom. The van der Waals surface area contributed by atoms with E-state index >= 15 is 0 Å². The van der Waals surface area contributed by atoms with Gasteiger partial charge in [0.25, 0.3) is 0 Å². The molecular formula is C19H18Cl3NO. The molecule has 0 aliphatic heterocycles. The summed E-state index contributed by atoms with van der Waals surface area (Å²) in [5.41, 5.74) is 2.37. The maximum Gasteiger partial charge on any atom is 0.185 e. The number of nitrogens with zero attached hydrogens (tertiary/aromatic N) is 1. The van der Waals surface area contributed by atoms with Crippen LogP contribution in [0.25, 0.3) is 6.08 Å². The molecule has 0 spiro atoms. The van der Waals surface area contributed by atoms with E-state index in [0.717, 1.165) is 11.3 Å². The van der Waals surface area contributed by atoms with E-state index in [4.69, 9.17) is 34.8 Å². The number of alkyl halides is 2. The summed E-state index contributed by atoms with van der Waals surface area (Å²) in [6.07, 6.45) is 3.26. The zero-order chi connectivity index (χ0) is 17.4. The van der Waals surface area contributed by atoms with Crippen LogP contribution in [-0.2, 0) is 0 Å². The highest BCUT2D eigenvalue weighted by Crippen LogP contribution is 2.19. The van der Waals surface area contributed by atoms with Crippen LogP contribution in [0.1, 0.15) is 15.9 Å². The molecule has 2 aromatic rings. The minimum atomic E-state index is -0.0755. The molecule has 0 heterocycles. The van der Waals surface area contributed by atoms with Gasteiger partial charge in [-0.05, 0) is 35.9 Å². The number of anilines is 1. The highest BCUT2D eigenvalue weighted by Gasteiger charge is 2.09. The number of carbonyl (C=O) groups is 1. The summed E-state index contributed by atoms with van der Waals surface area (Å²) in [5, 5.41) is 0.616. The van der Waals surface area contributed by atoms with E-state index in [-0.39, 0.29) is 5.78 Å². The molecule has 5 heteroatoms. The molecule has 0 N–H and O–H groups in total. The number of ketones is 1. The highest BCUT2D eigenvalue weighted by molar-refractivity contribution is 6.32. The predicted octanol–water partition coefficient (Wildman–Crippen LogP) is 5.52. The Labute approximate surface area is 157 Å². The number of hydrogen-bond donors (Lipinski definition) is 0. The van der Waals surface area contributed by atoms with Crippen LogP contribution < -0.4 is 4.90 Å². The van der Waals surface area contributed by atoms with E-state index in [2.05, 4.69) is 4.90 Å². The standard InChI is InChI=1S/C19H18Cl3NO/c20-10-12-23(13-11-21)17-6-3-5-16(14-17)19(24)9-8-15-4-1-2-7-18(15)22/h1-9,14H,10-13H2/b9-8+. The molecule has 0 aliphatic carbocycles. The third-order valence-corrected chi connectivity index (χ3v) is 4.21. The van der Waals surface area contributed by atoms with Crippen LogP contribution in [0.2, 0.25) is 5.02 Å². The average Bonchev–Trinajstić information content (AvgIpc) is 2.61. The first kappa shape index (κ1) is 18.9. The van der Waals surface area contributed by atoms with Crippen molar-refractivity contribution in [2.75, 3.05) is 29.7 Å². The van der Waals surface area contributed by atoms with Gasteiger partial charge >= 0.3 is 0 Å².